The Balaban J connectivity index is 1.96. The Bertz CT molecular complexity index is 977. The lowest BCUT2D eigenvalue weighted by atomic mass is 10.1. The van der Waals surface area contributed by atoms with Crippen molar-refractivity contribution in [2.24, 2.45) is 4.99 Å². The molecule has 0 bridgehead atoms. The van der Waals surface area contributed by atoms with E-state index in [1.54, 1.807) is 18.2 Å². The Morgan fingerprint density at radius 3 is 2.56 bits per heavy atom. The molecule has 0 aromatic heterocycles. The highest BCUT2D eigenvalue weighted by molar-refractivity contribution is 14.1. The Morgan fingerprint density at radius 2 is 1.93 bits per heavy atom. The number of esters is 2. The van der Waals surface area contributed by atoms with Gasteiger partial charge >= 0.3 is 11.9 Å². The van der Waals surface area contributed by atoms with Crippen molar-refractivity contribution in [3.05, 3.63) is 62.4 Å². The second kappa shape index (κ2) is 7.91. The van der Waals surface area contributed by atoms with Crippen LogP contribution in [-0.2, 0) is 14.3 Å². The molecule has 0 N–H and O–H groups in total. The predicted molar refractivity (Wildman–Crippen MR) is 109 cm³/mol. The lowest BCUT2D eigenvalue weighted by Gasteiger charge is -2.11. The molecule has 1 heterocycles. The summed E-state index contributed by atoms with van der Waals surface area (Å²) in [7, 11) is 1.48. The molecule has 2 aromatic carbocycles. The molecule has 0 saturated carbocycles. The zero-order valence-electron chi connectivity index (χ0n) is 14.9. The second-order valence-corrected chi connectivity index (χ2v) is 6.99. The molecule has 27 heavy (non-hydrogen) atoms. The molecule has 3 rings (SSSR count). The van der Waals surface area contributed by atoms with Crippen molar-refractivity contribution in [2.45, 2.75) is 13.8 Å². The third-order valence-corrected chi connectivity index (χ3v) is 4.52. The fraction of sp³-hybridized carbons (Fsp3) is 0.150. The molecule has 6 nitrogen and oxygen atoms in total. The third-order valence-electron chi connectivity index (χ3n) is 3.72. The van der Waals surface area contributed by atoms with Crippen molar-refractivity contribution in [3.63, 3.8) is 0 Å². The van der Waals surface area contributed by atoms with Crippen LogP contribution in [0.1, 0.15) is 23.6 Å². The molecule has 2 aromatic rings. The summed E-state index contributed by atoms with van der Waals surface area (Å²) in [5.41, 5.74) is 2.69. The van der Waals surface area contributed by atoms with Crippen LogP contribution in [0.3, 0.4) is 0 Å². The number of rotatable bonds is 4. The van der Waals surface area contributed by atoms with Crippen LogP contribution in [0.2, 0.25) is 0 Å². The van der Waals surface area contributed by atoms with E-state index in [0.29, 0.717) is 20.6 Å². The Morgan fingerprint density at radius 1 is 1.22 bits per heavy atom. The maximum Gasteiger partial charge on any atom is 0.363 e. The Hall–Kier alpha value is -2.68. The van der Waals surface area contributed by atoms with Gasteiger partial charge in [0.2, 0.25) is 5.90 Å². The third kappa shape index (κ3) is 4.36. The maximum absolute atomic E-state index is 12.2. The van der Waals surface area contributed by atoms with E-state index < -0.39 is 11.9 Å². The van der Waals surface area contributed by atoms with E-state index in [-0.39, 0.29) is 11.6 Å². The van der Waals surface area contributed by atoms with E-state index in [9.17, 15) is 9.59 Å². The van der Waals surface area contributed by atoms with Gasteiger partial charge in [0, 0.05) is 12.5 Å². The van der Waals surface area contributed by atoms with Gasteiger partial charge in [-0.2, -0.15) is 0 Å². The lowest BCUT2D eigenvalue weighted by molar-refractivity contribution is -0.132. The quantitative estimate of drug-likeness (QED) is 0.289. The summed E-state index contributed by atoms with van der Waals surface area (Å²) in [5.74, 6) is 0.0285. The van der Waals surface area contributed by atoms with Gasteiger partial charge in [-0.05, 0) is 65.4 Å². The molecule has 0 fully saturated rings. The van der Waals surface area contributed by atoms with Gasteiger partial charge in [0.05, 0.1) is 10.7 Å². The number of cyclic esters (lactones) is 1. The van der Waals surface area contributed by atoms with Crippen LogP contribution in [0.15, 0.2) is 47.1 Å². The number of hydrogen-bond acceptors (Lipinski definition) is 6. The lowest BCUT2D eigenvalue weighted by Crippen LogP contribution is -2.05. The maximum atomic E-state index is 12.2. The van der Waals surface area contributed by atoms with Gasteiger partial charge in [-0.3, -0.25) is 4.79 Å². The van der Waals surface area contributed by atoms with E-state index in [1.807, 2.05) is 53.8 Å². The first kappa shape index (κ1) is 19.1. The SMILES string of the molecule is COc1cc(C=C2N=C(c3ccc(C)cc3)OC2=O)cc(I)c1OC(C)=O. The zero-order valence-corrected chi connectivity index (χ0v) is 17.1. The van der Waals surface area contributed by atoms with Gasteiger partial charge < -0.3 is 14.2 Å². The van der Waals surface area contributed by atoms with Gasteiger partial charge in [0.25, 0.3) is 0 Å². The Labute approximate surface area is 170 Å². The van der Waals surface area contributed by atoms with E-state index in [0.717, 1.165) is 11.1 Å². The van der Waals surface area contributed by atoms with E-state index in [2.05, 4.69) is 4.99 Å². The van der Waals surface area contributed by atoms with Crippen LogP contribution in [0.4, 0.5) is 0 Å². The first-order chi connectivity index (χ1) is 12.9. The van der Waals surface area contributed by atoms with E-state index in [1.165, 1.54) is 14.0 Å². The minimum atomic E-state index is -0.524. The normalized spacial score (nSPS) is 14.7. The number of halogens is 1. The van der Waals surface area contributed by atoms with Crippen LogP contribution in [-0.4, -0.2) is 24.9 Å². The van der Waals surface area contributed by atoms with Crippen molar-refractivity contribution < 1.29 is 23.8 Å². The monoisotopic (exact) mass is 477 g/mol. The van der Waals surface area contributed by atoms with Crippen molar-refractivity contribution in [1.29, 1.82) is 0 Å². The molecule has 0 saturated heterocycles. The molecular weight excluding hydrogens is 461 g/mol. The van der Waals surface area contributed by atoms with Crippen molar-refractivity contribution in [3.8, 4) is 11.5 Å². The van der Waals surface area contributed by atoms with Crippen LogP contribution < -0.4 is 9.47 Å². The summed E-state index contributed by atoms with van der Waals surface area (Å²) in [6.07, 6.45) is 1.60. The van der Waals surface area contributed by atoms with Crippen LogP contribution >= 0.6 is 22.6 Å². The zero-order chi connectivity index (χ0) is 19.6. The standard InChI is InChI=1S/C20H16INO5/c1-11-4-6-14(7-5-11)19-22-16(20(24)27-19)9-13-8-15(21)18(26-12(2)23)17(10-13)25-3/h4-10H,1-3H3. The number of carbonyl (C=O) groups excluding carboxylic acids is 2. The molecule has 1 aliphatic heterocycles. The van der Waals surface area contributed by atoms with Gasteiger partial charge in [0.1, 0.15) is 0 Å². The minimum absolute atomic E-state index is 0.184. The van der Waals surface area contributed by atoms with Gasteiger partial charge in [0.15, 0.2) is 17.2 Å². The molecule has 7 heteroatoms. The van der Waals surface area contributed by atoms with Crippen molar-refractivity contribution in [2.75, 3.05) is 7.11 Å². The molecule has 0 spiro atoms. The fourth-order valence-electron chi connectivity index (χ4n) is 2.45. The molecule has 1 aliphatic rings. The predicted octanol–water partition coefficient (Wildman–Crippen LogP) is 3.88. The van der Waals surface area contributed by atoms with Crippen LogP contribution in [0.25, 0.3) is 6.08 Å². The number of aliphatic imine (C=N–C) groups is 1. The summed E-state index contributed by atoms with van der Waals surface area (Å²) >= 11 is 2.04. The molecule has 0 radical (unpaired) electrons. The fourth-order valence-corrected chi connectivity index (χ4v) is 3.19. The number of ether oxygens (including phenoxy) is 3. The second-order valence-electron chi connectivity index (χ2n) is 5.83. The summed E-state index contributed by atoms with van der Waals surface area (Å²) < 4.78 is 16.4. The minimum Gasteiger partial charge on any atom is -0.493 e. The number of aryl methyl sites for hydroxylation is 1. The molecule has 138 valence electrons. The number of methoxy groups -OCH3 is 1. The largest absolute Gasteiger partial charge is 0.493 e. The summed E-state index contributed by atoms with van der Waals surface area (Å²) in [6, 6.07) is 11.0. The molecule has 0 atom stereocenters. The van der Waals surface area contributed by atoms with Gasteiger partial charge in [-0.15, -0.1) is 0 Å². The van der Waals surface area contributed by atoms with Gasteiger partial charge in [-0.25, -0.2) is 9.79 Å². The summed E-state index contributed by atoms with van der Waals surface area (Å²) in [4.78, 5) is 27.7. The number of hydrogen-bond donors (Lipinski definition) is 0. The van der Waals surface area contributed by atoms with E-state index in [4.69, 9.17) is 14.2 Å². The first-order valence-electron chi connectivity index (χ1n) is 8.03. The number of benzene rings is 2. The molecule has 0 aliphatic carbocycles. The van der Waals surface area contributed by atoms with Gasteiger partial charge in [-0.1, -0.05) is 17.7 Å². The highest BCUT2D eigenvalue weighted by Gasteiger charge is 2.24. The molecular formula is C20H16INO5. The average molecular weight is 477 g/mol. The first-order valence-corrected chi connectivity index (χ1v) is 9.11. The smallest absolute Gasteiger partial charge is 0.363 e. The van der Waals surface area contributed by atoms with E-state index >= 15 is 0 Å². The van der Waals surface area contributed by atoms with Crippen molar-refractivity contribution in [1.82, 2.24) is 0 Å². The molecule has 0 unspecified atom stereocenters. The number of carbonyl (C=O) groups is 2. The molecule has 0 amide bonds. The number of nitrogens with zero attached hydrogens (tertiary/aromatic N) is 1. The summed E-state index contributed by atoms with van der Waals surface area (Å²) in [5, 5.41) is 0. The summed E-state index contributed by atoms with van der Waals surface area (Å²) in [6.45, 7) is 3.30. The topological polar surface area (TPSA) is 74.2 Å². The average Bonchev–Trinajstić information content (AvgIpc) is 2.98. The van der Waals surface area contributed by atoms with Crippen LogP contribution in [0, 0.1) is 10.5 Å². The highest BCUT2D eigenvalue weighted by atomic mass is 127. The Kier molecular flexibility index (Phi) is 5.59. The van der Waals surface area contributed by atoms with Crippen molar-refractivity contribution >= 4 is 46.5 Å². The van der Waals surface area contributed by atoms with Crippen LogP contribution in [0.5, 0.6) is 11.5 Å². The highest BCUT2D eigenvalue weighted by Crippen LogP contribution is 2.35.